The average molecular weight is 452 g/mol. The van der Waals surface area contributed by atoms with Crippen LogP contribution < -0.4 is 4.74 Å². The molecule has 1 amide bonds. The highest BCUT2D eigenvalue weighted by molar-refractivity contribution is 5.69. The molecule has 2 fully saturated rings. The van der Waals surface area contributed by atoms with Crippen LogP contribution in [0.1, 0.15) is 48.8 Å². The summed E-state index contributed by atoms with van der Waals surface area (Å²) in [6.45, 7) is 0.643. The number of carbonyl (C=O) groups is 2. The van der Waals surface area contributed by atoms with Gasteiger partial charge in [-0.3, -0.25) is 0 Å². The lowest BCUT2D eigenvalue weighted by atomic mass is 9.52. The summed E-state index contributed by atoms with van der Waals surface area (Å²) in [6.07, 6.45) is 4.67. The fraction of sp³-hybridized carbons (Fsp3) is 0.462. The molecule has 2 aromatic carbocycles. The molecule has 3 atom stereocenters. The van der Waals surface area contributed by atoms with Crippen LogP contribution in [0, 0.1) is 5.92 Å². The maximum absolute atomic E-state index is 13.1. The Morgan fingerprint density at radius 3 is 2.73 bits per heavy atom. The molecule has 0 aromatic heterocycles. The van der Waals surface area contributed by atoms with Gasteiger partial charge in [0.25, 0.3) is 0 Å². The first-order chi connectivity index (χ1) is 16.1. The molecule has 0 unspecified atom stereocenters. The lowest BCUT2D eigenvalue weighted by Gasteiger charge is -2.58. The van der Waals surface area contributed by atoms with Crippen molar-refractivity contribution < 1.29 is 28.9 Å². The zero-order valence-corrected chi connectivity index (χ0v) is 18.6. The summed E-state index contributed by atoms with van der Waals surface area (Å²) in [7, 11) is 0. The normalized spacial score (nSPS) is 25.4. The number of amides is 1. The zero-order valence-electron chi connectivity index (χ0n) is 18.6. The molecule has 2 bridgehead atoms. The van der Waals surface area contributed by atoms with Crippen molar-refractivity contribution in [3.8, 4) is 5.75 Å². The SMILES string of the molecule is O=C(O)OCOc1ccc2c(c1)[C@@]13CCCC[C@H]1[C@@H](C2)N(C(=O)OCc1ccccc1)CC3. The van der Waals surface area contributed by atoms with E-state index in [9.17, 15) is 9.59 Å². The van der Waals surface area contributed by atoms with Crippen LogP contribution in [0.3, 0.4) is 0 Å². The Labute approximate surface area is 193 Å². The number of likely N-dealkylation sites (tertiary alicyclic amines) is 1. The quantitative estimate of drug-likeness (QED) is 0.502. The van der Waals surface area contributed by atoms with E-state index in [0.717, 1.165) is 31.2 Å². The molecule has 7 heteroatoms. The van der Waals surface area contributed by atoms with Gasteiger partial charge in [0.15, 0.2) is 0 Å². The third-order valence-corrected chi connectivity index (χ3v) is 7.66. The fourth-order valence-electron chi connectivity index (χ4n) is 6.25. The molecule has 1 N–H and O–H groups in total. The Balaban J connectivity index is 1.37. The van der Waals surface area contributed by atoms with Gasteiger partial charge >= 0.3 is 12.2 Å². The maximum atomic E-state index is 13.1. The van der Waals surface area contributed by atoms with E-state index in [1.165, 1.54) is 24.0 Å². The number of hydrogen-bond acceptors (Lipinski definition) is 5. The molecule has 2 aromatic rings. The molecule has 33 heavy (non-hydrogen) atoms. The van der Waals surface area contributed by atoms with Gasteiger partial charge in [0.2, 0.25) is 6.79 Å². The topological polar surface area (TPSA) is 85.3 Å². The van der Waals surface area contributed by atoms with Gasteiger partial charge in [-0.2, -0.15) is 0 Å². The van der Waals surface area contributed by atoms with Crippen molar-refractivity contribution in [1.29, 1.82) is 0 Å². The fourth-order valence-corrected chi connectivity index (χ4v) is 6.25. The van der Waals surface area contributed by atoms with E-state index in [0.29, 0.717) is 18.2 Å². The van der Waals surface area contributed by atoms with Crippen molar-refractivity contribution in [3.05, 3.63) is 65.2 Å². The first kappa shape index (κ1) is 21.6. The minimum atomic E-state index is -1.35. The van der Waals surface area contributed by atoms with Gasteiger partial charge in [0.1, 0.15) is 12.4 Å². The van der Waals surface area contributed by atoms with Crippen molar-refractivity contribution in [1.82, 2.24) is 4.90 Å². The van der Waals surface area contributed by atoms with Crippen LogP contribution in [0.15, 0.2) is 48.5 Å². The number of piperidine rings is 1. The van der Waals surface area contributed by atoms with Crippen molar-refractivity contribution in [2.75, 3.05) is 13.3 Å². The third kappa shape index (κ3) is 4.12. The Morgan fingerprint density at radius 1 is 1.06 bits per heavy atom. The second-order valence-electron chi connectivity index (χ2n) is 9.25. The minimum Gasteiger partial charge on any atom is -0.457 e. The second kappa shape index (κ2) is 8.96. The van der Waals surface area contributed by atoms with E-state index in [-0.39, 0.29) is 30.9 Å². The Bertz CT molecular complexity index is 1020. The maximum Gasteiger partial charge on any atom is 0.508 e. The number of carboxylic acid groups (broad SMARTS) is 1. The first-order valence-corrected chi connectivity index (χ1v) is 11.7. The number of nitrogens with zero attached hydrogens (tertiary/aromatic N) is 1. The van der Waals surface area contributed by atoms with E-state index in [1.807, 2.05) is 41.3 Å². The van der Waals surface area contributed by atoms with E-state index in [4.69, 9.17) is 14.6 Å². The van der Waals surface area contributed by atoms with Crippen LogP contribution in [-0.2, 0) is 27.9 Å². The number of hydrogen-bond donors (Lipinski definition) is 1. The van der Waals surface area contributed by atoms with Crippen molar-refractivity contribution in [2.24, 2.45) is 5.92 Å². The lowest BCUT2D eigenvalue weighted by Crippen LogP contribution is -2.62. The molecule has 174 valence electrons. The lowest BCUT2D eigenvalue weighted by molar-refractivity contribution is -0.0140. The van der Waals surface area contributed by atoms with Gasteiger partial charge in [-0.25, -0.2) is 9.59 Å². The van der Waals surface area contributed by atoms with Crippen LogP contribution in [0.25, 0.3) is 0 Å². The summed E-state index contributed by atoms with van der Waals surface area (Å²) >= 11 is 0. The highest BCUT2D eigenvalue weighted by Crippen LogP contribution is 2.56. The van der Waals surface area contributed by atoms with E-state index in [2.05, 4.69) is 16.9 Å². The summed E-state index contributed by atoms with van der Waals surface area (Å²) in [5.41, 5.74) is 3.56. The summed E-state index contributed by atoms with van der Waals surface area (Å²) in [6, 6.07) is 15.9. The molecule has 1 heterocycles. The molecule has 1 aliphatic heterocycles. The Hall–Kier alpha value is -3.22. The van der Waals surface area contributed by atoms with Crippen molar-refractivity contribution in [2.45, 2.75) is 56.6 Å². The second-order valence-corrected chi connectivity index (χ2v) is 9.25. The molecule has 3 aliphatic rings. The highest BCUT2D eigenvalue weighted by Gasteiger charge is 2.55. The number of fused-ring (bicyclic) bond motifs is 1. The zero-order chi connectivity index (χ0) is 22.8. The monoisotopic (exact) mass is 451 g/mol. The molecule has 0 radical (unpaired) electrons. The van der Waals surface area contributed by atoms with Crippen molar-refractivity contribution in [3.63, 3.8) is 0 Å². The predicted molar refractivity (Wildman–Crippen MR) is 120 cm³/mol. The molecule has 1 saturated carbocycles. The minimum absolute atomic E-state index is 0.0275. The van der Waals surface area contributed by atoms with E-state index < -0.39 is 6.16 Å². The molecule has 1 saturated heterocycles. The number of ether oxygens (including phenoxy) is 3. The predicted octanol–water partition coefficient (Wildman–Crippen LogP) is 5.11. The number of rotatable bonds is 5. The molecule has 2 aliphatic carbocycles. The summed E-state index contributed by atoms with van der Waals surface area (Å²) in [5, 5.41) is 8.68. The number of benzene rings is 2. The molecular formula is C26H29NO6. The van der Waals surface area contributed by atoms with Gasteiger partial charge in [0, 0.05) is 18.0 Å². The van der Waals surface area contributed by atoms with Gasteiger partial charge in [0.05, 0.1) is 0 Å². The van der Waals surface area contributed by atoms with Crippen LogP contribution in [0.5, 0.6) is 5.75 Å². The van der Waals surface area contributed by atoms with E-state index >= 15 is 0 Å². The van der Waals surface area contributed by atoms with E-state index in [1.54, 1.807) is 0 Å². The molecule has 7 nitrogen and oxygen atoms in total. The largest absolute Gasteiger partial charge is 0.508 e. The van der Waals surface area contributed by atoms with Crippen LogP contribution in [0.2, 0.25) is 0 Å². The van der Waals surface area contributed by atoms with Crippen LogP contribution >= 0.6 is 0 Å². The summed E-state index contributed by atoms with van der Waals surface area (Å²) in [5.74, 6) is 1.01. The number of carbonyl (C=O) groups excluding carboxylic acids is 1. The molecule has 0 spiro atoms. The first-order valence-electron chi connectivity index (χ1n) is 11.7. The average Bonchev–Trinajstić information content (AvgIpc) is 2.83. The summed E-state index contributed by atoms with van der Waals surface area (Å²) < 4.78 is 15.8. The van der Waals surface area contributed by atoms with Crippen LogP contribution in [0.4, 0.5) is 9.59 Å². The van der Waals surface area contributed by atoms with Crippen molar-refractivity contribution >= 4 is 12.2 Å². The van der Waals surface area contributed by atoms with Gasteiger partial charge in [-0.05, 0) is 60.4 Å². The van der Waals surface area contributed by atoms with Crippen LogP contribution in [-0.4, -0.2) is 41.6 Å². The van der Waals surface area contributed by atoms with Gasteiger partial charge in [-0.15, -0.1) is 0 Å². The smallest absolute Gasteiger partial charge is 0.457 e. The van der Waals surface area contributed by atoms with Gasteiger partial charge in [-0.1, -0.05) is 49.2 Å². The summed E-state index contributed by atoms with van der Waals surface area (Å²) in [4.78, 5) is 25.7. The molecule has 5 rings (SSSR count). The van der Waals surface area contributed by atoms with Gasteiger partial charge < -0.3 is 24.2 Å². The highest BCUT2D eigenvalue weighted by atomic mass is 16.7. The molecular weight excluding hydrogens is 422 g/mol. The Morgan fingerprint density at radius 2 is 1.91 bits per heavy atom. The Kier molecular flexibility index (Phi) is 5.87. The third-order valence-electron chi connectivity index (χ3n) is 7.66. The standard InChI is InChI=1S/C26H29NO6/c28-24(31-16-18-6-2-1-3-7-18)27-13-12-26-11-5-4-8-21(26)23(27)14-19-9-10-20(15-22(19)26)32-17-33-25(29)30/h1-3,6-7,9-10,15,21,23H,4-5,8,11-14,16-17H2,(H,29,30)/t21-,23+,26+/m0/s1.